The van der Waals surface area contributed by atoms with E-state index in [9.17, 15) is 17.8 Å². The first-order chi connectivity index (χ1) is 7.12. The molecule has 0 N–H and O–H groups in total. The number of hydrogen-bond donors (Lipinski definition) is 0. The molecule has 0 unspecified atom stereocenters. The molecule has 11 heteroatoms. The number of amides is 1. The van der Waals surface area contributed by atoms with Gasteiger partial charge >= 0.3 is 29.6 Å². The molecule has 0 aliphatic rings. The zero-order chi connectivity index (χ0) is 13.0. The maximum Gasteiger partial charge on any atom is 1.00 e. The van der Waals surface area contributed by atoms with Gasteiger partial charge in [-0.2, -0.15) is 0 Å². The predicted octanol–water partition coefficient (Wildman–Crippen LogP) is -3.38. The van der Waals surface area contributed by atoms with Crippen LogP contribution in [0.5, 0.6) is 0 Å². The molecule has 0 heterocycles. The molecule has 0 saturated heterocycles. The Labute approximate surface area is 121 Å². The van der Waals surface area contributed by atoms with E-state index in [0.29, 0.717) is 0 Å². The van der Waals surface area contributed by atoms with Crippen LogP contribution in [0.4, 0.5) is 0 Å². The number of nitrogens with zero attached hydrogens (tertiary/aromatic N) is 4. The van der Waals surface area contributed by atoms with Crippen molar-refractivity contribution in [3.63, 3.8) is 0 Å². The van der Waals surface area contributed by atoms with Crippen molar-refractivity contribution in [3.05, 3.63) is 10.4 Å². The third kappa shape index (κ3) is 6.84. The molecule has 1 atom stereocenters. The van der Waals surface area contributed by atoms with Gasteiger partial charge in [-0.25, -0.2) is 8.42 Å². The quantitative estimate of drug-likeness (QED) is 0.129. The Morgan fingerprint density at radius 3 is 2.35 bits per heavy atom. The number of hydrogen-bond acceptors (Lipinski definition) is 6. The van der Waals surface area contributed by atoms with Crippen LogP contribution in [0.1, 0.15) is 6.92 Å². The molecule has 0 spiro atoms. The second kappa shape index (κ2) is 7.17. The van der Waals surface area contributed by atoms with E-state index in [-0.39, 0.29) is 29.6 Å². The van der Waals surface area contributed by atoms with Crippen LogP contribution in [-0.4, -0.2) is 50.0 Å². The van der Waals surface area contributed by atoms with Crippen LogP contribution in [0.2, 0.25) is 0 Å². The number of likely N-dealkylation sites (N-methyl/N-ethyl adjacent to an activating group) is 1. The molecule has 0 aliphatic heterocycles. The summed E-state index contributed by atoms with van der Waals surface area (Å²) in [5.74, 6) is -0.672. The van der Waals surface area contributed by atoms with Crippen molar-refractivity contribution < 1.29 is 51.5 Å². The molecule has 0 rings (SSSR count). The minimum absolute atomic E-state index is 0. The Balaban J connectivity index is 0. The summed E-state index contributed by atoms with van der Waals surface area (Å²) < 4.78 is 34.6. The number of rotatable bonds is 5. The maximum absolute atomic E-state index is 11.6. The summed E-state index contributed by atoms with van der Waals surface area (Å²) in [6, 6.07) is 0. The van der Waals surface area contributed by atoms with Gasteiger partial charge < -0.3 is 9.45 Å². The molecule has 0 radical (unpaired) electrons. The van der Waals surface area contributed by atoms with Gasteiger partial charge in [-0.1, -0.05) is 5.11 Å². The monoisotopic (exact) mass is 274 g/mol. The molecule has 0 saturated carbocycles. The van der Waals surface area contributed by atoms with Crippen molar-refractivity contribution in [1.29, 1.82) is 0 Å². The van der Waals surface area contributed by atoms with Gasteiger partial charge in [0.1, 0.15) is 5.54 Å². The zero-order valence-electron chi connectivity index (χ0n) is 9.95. The van der Waals surface area contributed by atoms with Crippen molar-refractivity contribution in [3.8, 4) is 0 Å². The summed E-state index contributed by atoms with van der Waals surface area (Å²) in [4.78, 5) is 15.1. The topological polar surface area (TPSA) is 136 Å². The van der Waals surface area contributed by atoms with Crippen molar-refractivity contribution in [2.75, 3.05) is 20.7 Å². The largest absolute Gasteiger partial charge is 1.00 e. The van der Waals surface area contributed by atoms with Crippen molar-refractivity contribution in [2.24, 2.45) is 5.11 Å². The Morgan fingerprint density at radius 2 is 2.06 bits per heavy atom. The molecule has 92 valence electrons. The van der Waals surface area contributed by atoms with E-state index >= 15 is 0 Å². The summed E-state index contributed by atoms with van der Waals surface area (Å²) in [6.45, 7) is 0.333. The summed E-state index contributed by atoms with van der Waals surface area (Å²) in [5.41, 5.74) is 6.50. The van der Waals surface area contributed by atoms with Crippen LogP contribution in [-0.2, 0) is 19.4 Å². The van der Waals surface area contributed by atoms with Gasteiger partial charge in [-0.05, 0) is 12.5 Å². The van der Waals surface area contributed by atoms with E-state index in [4.69, 9.17) is 5.53 Å². The molecule has 17 heavy (non-hydrogen) atoms. The number of azide groups is 1. The Bertz CT molecular complexity index is 418. The van der Waals surface area contributed by atoms with Gasteiger partial charge in [0, 0.05) is 19.0 Å². The van der Waals surface area contributed by atoms with Crippen LogP contribution in [0, 0.1) is 0 Å². The van der Waals surface area contributed by atoms with Crippen molar-refractivity contribution >= 4 is 16.3 Å². The van der Waals surface area contributed by atoms with Crippen molar-refractivity contribution in [2.45, 2.75) is 12.5 Å². The summed E-state index contributed by atoms with van der Waals surface area (Å²) in [5, 5.41) is 3.14. The van der Waals surface area contributed by atoms with Crippen LogP contribution in [0.15, 0.2) is 5.11 Å². The first-order valence-electron chi connectivity index (χ1n) is 4.00. The number of carbonyl (C=O) groups is 1. The molecule has 0 aromatic heterocycles. The van der Waals surface area contributed by atoms with Gasteiger partial charge in [0.05, 0.1) is 6.61 Å². The van der Waals surface area contributed by atoms with Crippen LogP contribution in [0.3, 0.4) is 0 Å². The number of carbonyl (C=O) groups excluding carboxylic acids is 1. The predicted molar refractivity (Wildman–Crippen MR) is 51.9 cm³/mol. The molecule has 0 aromatic rings. The Hall–Kier alpha value is -0.350. The molecule has 0 fully saturated rings. The second-order valence-corrected chi connectivity index (χ2v) is 4.39. The molecular formula is C6H11N4NaO5S. The van der Waals surface area contributed by atoms with Gasteiger partial charge in [0.2, 0.25) is 16.3 Å². The standard InChI is InChI=1S/C6H12N4O5S.Na/c1-6(8-9-7,5(11)10(2)3)4-15-16(12,13)14;/h4H2,1-3H3,(H,12,13,14);/q;+1/p-1/t6-;/m1./s1. The fourth-order valence-corrected chi connectivity index (χ4v) is 1.27. The molecule has 1 amide bonds. The SMILES string of the molecule is CN(C)C(=O)[C@@](C)(COS(=O)(=O)[O-])N=[N+]=[N-].[Na+]. The van der Waals surface area contributed by atoms with E-state index in [1.54, 1.807) is 0 Å². The summed E-state index contributed by atoms with van der Waals surface area (Å²) in [7, 11) is -2.16. The van der Waals surface area contributed by atoms with Gasteiger partial charge in [0.25, 0.3) is 0 Å². The van der Waals surface area contributed by atoms with Crippen LogP contribution >= 0.6 is 0 Å². The first-order valence-corrected chi connectivity index (χ1v) is 5.34. The van der Waals surface area contributed by atoms with E-state index in [0.717, 1.165) is 4.90 Å². The van der Waals surface area contributed by atoms with Crippen LogP contribution < -0.4 is 29.6 Å². The minimum Gasteiger partial charge on any atom is -0.726 e. The van der Waals surface area contributed by atoms with Crippen LogP contribution in [0.25, 0.3) is 10.4 Å². The summed E-state index contributed by atoms with van der Waals surface area (Å²) >= 11 is 0. The fraction of sp³-hybridized carbons (Fsp3) is 0.833. The molecule has 0 aliphatic carbocycles. The average Bonchev–Trinajstić information content (AvgIpc) is 2.13. The Morgan fingerprint density at radius 1 is 1.59 bits per heavy atom. The normalized spacial score (nSPS) is 13.9. The maximum atomic E-state index is 11.6. The average molecular weight is 274 g/mol. The minimum atomic E-state index is -4.94. The van der Waals surface area contributed by atoms with E-state index < -0.39 is 28.5 Å². The third-order valence-corrected chi connectivity index (χ3v) is 2.02. The molecular weight excluding hydrogens is 263 g/mol. The fourth-order valence-electron chi connectivity index (χ4n) is 0.901. The van der Waals surface area contributed by atoms with Crippen molar-refractivity contribution in [1.82, 2.24) is 4.90 Å². The smallest absolute Gasteiger partial charge is 0.726 e. The zero-order valence-corrected chi connectivity index (χ0v) is 12.8. The van der Waals surface area contributed by atoms with E-state index in [2.05, 4.69) is 14.2 Å². The molecule has 9 nitrogen and oxygen atoms in total. The molecule has 0 bridgehead atoms. The van der Waals surface area contributed by atoms with E-state index in [1.165, 1.54) is 21.0 Å². The summed E-state index contributed by atoms with van der Waals surface area (Å²) in [6.07, 6.45) is 0. The van der Waals surface area contributed by atoms with Gasteiger partial charge in [0.15, 0.2) is 0 Å². The van der Waals surface area contributed by atoms with E-state index in [1.807, 2.05) is 0 Å². The Kier molecular flexibility index (Phi) is 8.01. The van der Waals surface area contributed by atoms with Gasteiger partial charge in [-0.3, -0.25) is 8.98 Å². The third-order valence-electron chi connectivity index (χ3n) is 1.62. The molecule has 0 aromatic carbocycles. The first kappa shape index (κ1) is 19.0. The second-order valence-electron chi connectivity index (χ2n) is 3.33. The van der Waals surface area contributed by atoms with Gasteiger partial charge in [-0.15, -0.1) is 0 Å².